The number of fused-ring (bicyclic) bond motifs is 1. The van der Waals surface area contributed by atoms with Gasteiger partial charge in [0.05, 0.1) is 11.6 Å². The van der Waals surface area contributed by atoms with E-state index in [9.17, 15) is 9.59 Å². The van der Waals surface area contributed by atoms with Gasteiger partial charge in [0, 0.05) is 6.42 Å². The summed E-state index contributed by atoms with van der Waals surface area (Å²) in [6.45, 7) is 8.11. The molecule has 2 aromatic rings. The molecular formula is C23H27NO3. The lowest BCUT2D eigenvalue weighted by molar-refractivity contribution is -0.124. The van der Waals surface area contributed by atoms with Crippen molar-refractivity contribution in [3.63, 3.8) is 0 Å². The van der Waals surface area contributed by atoms with Gasteiger partial charge in [0.15, 0.2) is 12.4 Å². The molecule has 0 unspecified atom stereocenters. The van der Waals surface area contributed by atoms with Gasteiger partial charge in [-0.15, -0.1) is 0 Å². The Morgan fingerprint density at radius 2 is 1.89 bits per heavy atom. The van der Waals surface area contributed by atoms with Crippen LogP contribution in [-0.2, 0) is 4.79 Å². The summed E-state index contributed by atoms with van der Waals surface area (Å²) in [4.78, 5) is 24.9. The zero-order valence-corrected chi connectivity index (χ0v) is 16.4. The van der Waals surface area contributed by atoms with Crippen LogP contribution in [0.3, 0.4) is 0 Å². The molecule has 1 N–H and O–H groups in total. The number of rotatable bonds is 6. The normalized spacial score (nSPS) is 16.9. The van der Waals surface area contributed by atoms with Crippen molar-refractivity contribution in [2.24, 2.45) is 5.92 Å². The first kappa shape index (κ1) is 19.2. The first-order valence-electron chi connectivity index (χ1n) is 9.52. The van der Waals surface area contributed by atoms with Gasteiger partial charge in [-0.2, -0.15) is 0 Å². The van der Waals surface area contributed by atoms with Crippen molar-refractivity contribution in [1.82, 2.24) is 5.32 Å². The number of amides is 1. The van der Waals surface area contributed by atoms with Gasteiger partial charge in [0.1, 0.15) is 5.75 Å². The summed E-state index contributed by atoms with van der Waals surface area (Å²) in [6.07, 6.45) is 0.506. The van der Waals surface area contributed by atoms with E-state index in [0.717, 1.165) is 16.7 Å². The number of Topliss-reactive ketones (excluding diaryl/α,β-unsaturated/α-hetero) is 1. The molecule has 1 amide bonds. The minimum atomic E-state index is -0.189. The largest absolute Gasteiger partial charge is 0.483 e. The van der Waals surface area contributed by atoms with Crippen molar-refractivity contribution in [2.45, 2.75) is 46.1 Å². The fourth-order valence-corrected chi connectivity index (χ4v) is 3.88. The molecule has 2 atom stereocenters. The lowest BCUT2D eigenvalue weighted by Crippen LogP contribution is -2.35. The Hall–Kier alpha value is -2.62. The molecule has 1 aliphatic rings. The topological polar surface area (TPSA) is 55.4 Å². The number of hydrogen-bond acceptors (Lipinski definition) is 3. The number of benzene rings is 2. The smallest absolute Gasteiger partial charge is 0.258 e. The number of ether oxygens (including phenoxy) is 1. The Morgan fingerprint density at radius 1 is 1.19 bits per heavy atom. The number of carbonyl (C=O) groups is 2. The average molecular weight is 365 g/mol. The molecule has 0 fully saturated rings. The summed E-state index contributed by atoms with van der Waals surface area (Å²) in [7, 11) is 0. The van der Waals surface area contributed by atoms with Crippen LogP contribution in [0.5, 0.6) is 5.75 Å². The van der Waals surface area contributed by atoms with Gasteiger partial charge >= 0.3 is 0 Å². The number of ketones is 1. The SMILES string of the molecule is Cc1ccc(OCC(=O)N[C@@H](c2ccccc2)C(C)C)c2c1[C@H](C)CC2=O. The highest BCUT2D eigenvalue weighted by atomic mass is 16.5. The van der Waals surface area contributed by atoms with Crippen LogP contribution in [0, 0.1) is 12.8 Å². The highest BCUT2D eigenvalue weighted by molar-refractivity contribution is 6.04. The molecule has 0 bridgehead atoms. The van der Waals surface area contributed by atoms with Crippen molar-refractivity contribution < 1.29 is 14.3 Å². The minimum Gasteiger partial charge on any atom is -0.483 e. The average Bonchev–Trinajstić information content (AvgIpc) is 2.95. The lowest BCUT2D eigenvalue weighted by atomic mass is 9.96. The molecule has 0 radical (unpaired) electrons. The van der Waals surface area contributed by atoms with Gasteiger partial charge < -0.3 is 10.1 Å². The fraction of sp³-hybridized carbons (Fsp3) is 0.391. The van der Waals surface area contributed by atoms with Crippen molar-refractivity contribution in [3.05, 3.63) is 64.7 Å². The van der Waals surface area contributed by atoms with Gasteiger partial charge in [-0.25, -0.2) is 0 Å². The van der Waals surface area contributed by atoms with E-state index >= 15 is 0 Å². The highest BCUT2D eigenvalue weighted by Gasteiger charge is 2.31. The second kappa shape index (κ2) is 7.95. The van der Waals surface area contributed by atoms with Gasteiger partial charge in [-0.3, -0.25) is 9.59 Å². The number of nitrogens with one attached hydrogen (secondary N) is 1. The first-order valence-corrected chi connectivity index (χ1v) is 9.52. The van der Waals surface area contributed by atoms with Crippen molar-refractivity contribution in [3.8, 4) is 5.75 Å². The fourth-order valence-electron chi connectivity index (χ4n) is 3.88. The first-order chi connectivity index (χ1) is 12.9. The predicted molar refractivity (Wildman–Crippen MR) is 106 cm³/mol. The maximum absolute atomic E-state index is 12.5. The van der Waals surface area contributed by atoms with Crippen LogP contribution in [0.25, 0.3) is 0 Å². The Morgan fingerprint density at radius 3 is 2.56 bits per heavy atom. The molecule has 3 rings (SSSR count). The molecule has 4 heteroatoms. The number of aryl methyl sites for hydroxylation is 1. The summed E-state index contributed by atoms with van der Waals surface area (Å²) >= 11 is 0. The summed E-state index contributed by atoms with van der Waals surface area (Å²) < 4.78 is 5.77. The van der Waals surface area contributed by atoms with Crippen LogP contribution in [-0.4, -0.2) is 18.3 Å². The minimum absolute atomic E-state index is 0.0762. The quantitative estimate of drug-likeness (QED) is 0.815. The Labute approximate surface area is 160 Å². The van der Waals surface area contributed by atoms with E-state index in [4.69, 9.17) is 4.74 Å². The van der Waals surface area contributed by atoms with Crippen molar-refractivity contribution in [1.29, 1.82) is 0 Å². The Bertz CT molecular complexity index is 842. The van der Waals surface area contributed by atoms with E-state index in [1.165, 1.54) is 0 Å². The molecule has 0 aromatic heterocycles. The second-order valence-electron chi connectivity index (χ2n) is 7.69. The van der Waals surface area contributed by atoms with E-state index in [2.05, 4.69) is 26.1 Å². The maximum atomic E-state index is 12.5. The summed E-state index contributed by atoms with van der Waals surface area (Å²) in [5.41, 5.74) is 3.88. The van der Waals surface area contributed by atoms with Crippen LogP contribution < -0.4 is 10.1 Å². The third-order valence-corrected chi connectivity index (χ3v) is 5.19. The molecule has 0 saturated heterocycles. The highest BCUT2D eigenvalue weighted by Crippen LogP contribution is 2.40. The maximum Gasteiger partial charge on any atom is 0.258 e. The summed E-state index contributed by atoms with van der Waals surface area (Å²) in [6, 6.07) is 13.6. The van der Waals surface area contributed by atoms with Crippen molar-refractivity contribution in [2.75, 3.05) is 6.61 Å². The van der Waals surface area contributed by atoms with E-state index in [1.807, 2.05) is 43.3 Å². The van der Waals surface area contributed by atoms with Gasteiger partial charge in [-0.05, 0) is 41.5 Å². The van der Waals surface area contributed by atoms with E-state index in [1.54, 1.807) is 6.07 Å². The second-order valence-corrected chi connectivity index (χ2v) is 7.69. The van der Waals surface area contributed by atoms with Gasteiger partial charge in [-0.1, -0.05) is 57.2 Å². The predicted octanol–water partition coefficient (Wildman–Crippen LogP) is 4.58. The molecule has 0 spiro atoms. The standard InChI is InChI=1S/C23H27NO3/c1-14(2)23(17-8-6-5-7-9-17)24-20(26)13-27-19-11-10-15(3)21-16(4)12-18(25)22(19)21/h5-11,14,16,23H,12-13H2,1-4H3,(H,24,26)/t16-,23-/m1/s1. The molecule has 2 aromatic carbocycles. The van der Waals surface area contributed by atoms with Crippen LogP contribution in [0.15, 0.2) is 42.5 Å². The molecule has 0 aliphatic heterocycles. The van der Waals surface area contributed by atoms with Crippen LogP contribution in [0.2, 0.25) is 0 Å². The molecule has 142 valence electrons. The van der Waals surface area contributed by atoms with Crippen LogP contribution in [0.1, 0.15) is 66.2 Å². The number of hydrogen-bond donors (Lipinski definition) is 1. The van der Waals surface area contributed by atoms with Gasteiger partial charge in [0.25, 0.3) is 5.91 Å². The van der Waals surface area contributed by atoms with E-state index in [-0.39, 0.29) is 36.2 Å². The molecular weight excluding hydrogens is 338 g/mol. The zero-order chi connectivity index (χ0) is 19.6. The number of carbonyl (C=O) groups excluding carboxylic acids is 2. The summed E-state index contributed by atoms with van der Waals surface area (Å²) in [5, 5.41) is 3.05. The van der Waals surface area contributed by atoms with Crippen LogP contribution in [0.4, 0.5) is 0 Å². The van der Waals surface area contributed by atoms with E-state index < -0.39 is 0 Å². The lowest BCUT2D eigenvalue weighted by Gasteiger charge is -2.23. The van der Waals surface area contributed by atoms with E-state index in [0.29, 0.717) is 17.7 Å². The van der Waals surface area contributed by atoms with Crippen LogP contribution >= 0.6 is 0 Å². The third kappa shape index (κ3) is 4.05. The third-order valence-electron chi connectivity index (χ3n) is 5.19. The Kier molecular flexibility index (Phi) is 5.64. The van der Waals surface area contributed by atoms with Crippen molar-refractivity contribution >= 4 is 11.7 Å². The zero-order valence-electron chi connectivity index (χ0n) is 16.4. The molecule has 1 aliphatic carbocycles. The molecule has 0 saturated carbocycles. The summed E-state index contributed by atoms with van der Waals surface area (Å²) in [5.74, 6) is 0.878. The Balaban J connectivity index is 1.71. The molecule has 27 heavy (non-hydrogen) atoms. The molecule has 4 nitrogen and oxygen atoms in total. The monoisotopic (exact) mass is 365 g/mol. The molecule has 0 heterocycles. The van der Waals surface area contributed by atoms with Gasteiger partial charge in [0.2, 0.25) is 0 Å².